The van der Waals surface area contributed by atoms with Gasteiger partial charge in [0.05, 0.1) is 12.2 Å². The van der Waals surface area contributed by atoms with Gasteiger partial charge < -0.3 is 14.8 Å². The zero-order valence-corrected chi connectivity index (χ0v) is 12.9. The number of piperidine rings is 1. The lowest BCUT2D eigenvalue weighted by Crippen LogP contribution is -2.27. The van der Waals surface area contributed by atoms with Crippen LogP contribution in [0.1, 0.15) is 36.8 Å². The highest BCUT2D eigenvalue weighted by Gasteiger charge is 2.32. The minimum absolute atomic E-state index is 0.0178. The number of esters is 1. The molecule has 0 unspecified atom stereocenters. The summed E-state index contributed by atoms with van der Waals surface area (Å²) in [6, 6.07) is 3.40. The van der Waals surface area contributed by atoms with Gasteiger partial charge in [0.15, 0.2) is 6.61 Å². The van der Waals surface area contributed by atoms with Crippen LogP contribution in [0, 0.1) is 0 Å². The Bertz CT molecular complexity index is 540. The lowest BCUT2D eigenvalue weighted by Gasteiger charge is -2.25. The normalized spacial score (nSPS) is 16.2. The lowest BCUT2D eigenvalue weighted by atomic mass is 9.88. The molecule has 7 heteroatoms. The number of halogens is 3. The molecule has 4 nitrogen and oxygen atoms in total. The van der Waals surface area contributed by atoms with Crippen LogP contribution >= 0.6 is 0 Å². The highest BCUT2D eigenvalue weighted by atomic mass is 19.4. The van der Waals surface area contributed by atoms with Crippen LogP contribution in [-0.4, -0.2) is 32.3 Å². The second-order valence-electron chi connectivity index (χ2n) is 5.37. The number of carbonyl (C=O) groups is 1. The molecule has 0 spiro atoms. The highest BCUT2D eigenvalue weighted by molar-refractivity contribution is 5.71. The van der Waals surface area contributed by atoms with E-state index in [2.05, 4.69) is 5.32 Å². The second kappa shape index (κ2) is 7.68. The summed E-state index contributed by atoms with van der Waals surface area (Å²) in [6.07, 6.45) is -2.94. The fourth-order valence-electron chi connectivity index (χ4n) is 2.65. The molecule has 2 rings (SSSR count). The third kappa shape index (κ3) is 4.86. The van der Waals surface area contributed by atoms with Gasteiger partial charge in [-0.1, -0.05) is 0 Å². The fourth-order valence-corrected chi connectivity index (χ4v) is 2.65. The number of nitrogens with one attached hydrogen (secondary N) is 1. The predicted octanol–water partition coefficient (Wildman–Crippen LogP) is 3.11. The average Bonchev–Trinajstić information content (AvgIpc) is 2.53. The van der Waals surface area contributed by atoms with Crippen LogP contribution in [0.5, 0.6) is 5.75 Å². The Morgan fingerprint density at radius 3 is 2.61 bits per heavy atom. The van der Waals surface area contributed by atoms with Crippen molar-refractivity contribution in [2.24, 2.45) is 0 Å². The van der Waals surface area contributed by atoms with Crippen LogP contribution in [0.25, 0.3) is 0 Å². The van der Waals surface area contributed by atoms with Gasteiger partial charge in [0, 0.05) is 0 Å². The summed E-state index contributed by atoms with van der Waals surface area (Å²) in [5.74, 6) is -0.239. The van der Waals surface area contributed by atoms with Gasteiger partial charge in [-0.05, 0) is 62.5 Å². The first-order valence-electron chi connectivity index (χ1n) is 7.62. The van der Waals surface area contributed by atoms with E-state index >= 15 is 0 Å². The third-order valence-electron chi connectivity index (χ3n) is 3.77. The van der Waals surface area contributed by atoms with Crippen molar-refractivity contribution < 1.29 is 27.4 Å². The molecule has 1 saturated heterocycles. The summed E-state index contributed by atoms with van der Waals surface area (Å²) >= 11 is 0. The van der Waals surface area contributed by atoms with Crippen LogP contribution in [0.15, 0.2) is 18.2 Å². The standard InChI is InChI=1S/C16H20F3NO3/c1-2-22-15(21)10-23-14-4-3-12(16(17,18)19)9-13(14)11-5-7-20-8-6-11/h3-4,9,11,20H,2,5-8,10H2,1H3. The molecule has 0 aromatic heterocycles. The SMILES string of the molecule is CCOC(=O)COc1ccc(C(F)(F)F)cc1C1CCNCC1. The van der Waals surface area contributed by atoms with Gasteiger partial charge >= 0.3 is 12.1 Å². The Hall–Kier alpha value is -1.76. The van der Waals surface area contributed by atoms with Crippen LogP contribution < -0.4 is 10.1 Å². The molecule has 0 saturated carbocycles. The van der Waals surface area contributed by atoms with Crippen molar-refractivity contribution in [3.8, 4) is 5.75 Å². The van der Waals surface area contributed by atoms with Gasteiger partial charge in [-0.15, -0.1) is 0 Å². The molecule has 1 aromatic rings. The summed E-state index contributed by atoms with van der Waals surface area (Å²) in [5.41, 5.74) is -0.194. The molecule has 1 aromatic carbocycles. The van der Waals surface area contributed by atoms with Gasteiger partial charge in [0.2, 0.25) is 0 Å². The molecule has 0 atom stereocenters. The summed E-state index contributed by atoms with van der Waals surface area (Å²) in [5, 5.41) is 3.18. The molecule has 1 fully saturated rings. The van der Waals surface area contributed by atoms with Gasteiger partial charge in [-0.3, -0.25) is 0 Å². The first-order chi connectivity index (χ1) is 10.9. The van der Waals surface area contributed by atoms with Crippen molar-refractivity contribution in [1.29, 1.82) is 0 Å². The largest absolute Gasteiger partial charge is 0.482 e. The molecule has 23 heavy (non-hydrogen) atoms. The monoisotopic (exact) mass is 331 g/mol. The van der Waals surface area contributed by atoms with Crippen LogP contribution in [0.3, 0.4) is 0 Å². The number of ether oxygens (including phenoxy) is 2. The Kier molecular flexibility index (Phi) is 5.87. The van der Waals surface area contributed by atoms with Crippen LogP contribution in [0.4, 0.5) is 13.2 Å². The molecule has 0 bridgehead atoms. The zero-order valence-electron chi connectivity index (χ0n) is 12.9. The summed E-state index contributed by atoms with van der Waals surface area (Å²) in [4.78, 5) is 11.4. The van der Waals surface area contributed by atoms with Gasteiger partial charge in [-0.2, -0.15) is 13.2 Å². The summed E-state index contributed by atoms with van der Waals surface area (Å²) < 4.78 is 49.0. The van der Waals surface area contributed by atoms with Crippen molar-refractivity contribution in [1.82, 2.24) is 5.32 Å². The summed E-state index contributed by atoms with van der Waals surface area (Å²) in [7, 11) is 0. The second-order valence-corrected chi connectivity index (χ2v) is 5.37. The van der Waals surface area contributed by atoms with E-state index < -0.39 is 17.7 Å². The molecular weight excluding hydrogens is 311 g/mol. The Labute approximate surface area is 133 Å². The number of rotatable bonds is 5. The highest BCUT2D eigenvalue weighted by Crippen LogP contribution is 2.38. The average molecular weight is 331 g/mol. The number of alkyl halides is 3. The van der Waals surface area contributed by atoms with E-state index in [0.29, 0.717) is 11.3 Å². The smallest absolute Gasteiger partial charge is 0.416 e. The van der Waals surface area contributed by atoms with E-state index in [4.69, 9.17) is 9.47 Å². The third-order valence-corrected chi connectivity index (χ3v) is 3.77. The maximum absolute atomic E-state index is 13.0. The number of hydrogen-bond donors (Lipinski definition) is 1. The number of carbonyl (C=O) groups excluding carboxylic acids is 1. The van der Waals surface area contributed by atoms with E-state index in [1.807, 2.05) is 0 Å². The maximum Gasteiger partial charge on any atom is 0.416 e. The van der Waals surface area contributed by atoms with Crippen LogP contribution in [0.2, 0.25) is 0 Å². The quantitative estimate of drug-likeness (QED) is 0.842. The molecule has 1 N–H and O–H groups in total. The van der Waals surface area contributed by atoms with E-state index in [1.54, 1.807) is 6.92 Å². The number of benzene rings is 1. The van der Waals surface area contributed by atoms with Crippen molar-refractivity contribution in [2.75, 3.05) is 26.3 Å². The molecule has 1 aliphatic rings. The minimum atomic E-state index is -4.40. The van der Waals surface area contributed by atoms with Crippen molar-refractivity contribution in [3.63, 3.8) is 0 Å². The minimum Gasteiger partial charge on any atom is -0.482 e. The van der Waals surface area contributed by atoms with Gasteiger partial charge in [-0.25, -0.2) is 4.79 Å². The topological polar surface area (TPSA) is 47.6 Å². The lowest BCUT2D eigenvalue weighted by molar-refractivity contribution is -0.145. The van der Waals surface area contributed by atoms with E-state index in [9.17, 15) is 18.0 Å². The molecular formula is C16H20F3NO3. The number of hydrogen-bond acceptors (Lipinski definition) is 4. The molecule has 0 aliphatic carbocycles. The summed E-state index contributed by atoms with van der Waals surface area (Å²) in [6.45, 7) is 3.10. The Morgan fingerprint density at radius 1 is 1.30 bits per heavy atom. The van der Waals surface area contributed by atoms with Crippen molar-refractivity contribution in [2.45, 2.75) is 31.9 Å². The fraction of sp³-hybridized carbons (Fsp3) is 0.562. The molecule has 0 radical (unpaired) electrons. The zero-order chi connectivity index (χ0) is 16.9. The predicted molar refractivity (Wildman–Crippen MR) is 78.4 cm³/mol. The maximum atomic E-state index is 13.0. The molecule has 0 amide bonds. The molecule has 1 heterocycles. The van der Waals surface area contributed by atoms with E-state index in [-0.39, 0.29) is 19.1 Å². The van der Waals surface area contributed by atoms with Crippen molar-refractivity contribution in [3.05, 3.63) is 29.3 Å². The van der Waals surface area contributed by atoms with Crippen LogP contribution in [-0.2, 0) is 15.7 Å². The Morgan fingerprint density at radius 2 is 2.00 bits per heavy atom. The first-order valence-corrected chi connectivity index (χ1v) is 7.62. The first kappa shape index (κ1) is 17.6. The van der Waals surface area contributed by atoms with E-state index in [0.717, 1.165) is 38.1 Å². The molecule has 128 valence electrons. The molecule has 1 aliphatic heterocycles. The van der Waals surface area contributed by atoms with E-state index in [1.165, 1.54) is 6.07 Å². The van der Waals surface area contributed by atoms with Crippen molar-refractivity contribution >= 4 is 5.97 Å². The van der Waals surface area contributed by atoms with Gasteiger partial charge in [0.1, 0.15) is 5.75 Å². The van der Waals surface area contributed by atoms with Gasteiger partial charge in [0.25, 0.3) is 0 Å². The Balaban J connectivity index is 2.23.